The number of nitrogens with two attached hydrogens (primary N) is 1. The first kappa shape index (κ1) is 29.3. The molecule has 2 aliphatic heterocycles. The number of alkyl halides is 1. The van der Waals surface area contributed by atoms with Gasteiger partial charge in [0.25, 0.3) is 0 Å². The number of hydrogen-bond acceptors (Lipinski definition) is 9. The maximum Gasteiger partial charge on any atom is 0.335 e. The molecular weight excluding hydrogens is 523 g/mol. The lowest BCUT2D eigenvalue weighted by Gasteiger charge is -2.51. The summed E-state index contributed by atoms with van der Waals surface area (Å²) in [5, 5.41) is 0. The molecule has 10 nitrogen and oxygen atoms in total. The first-order chi connectivity index (χ1) is 17.6. The second-order valence-electron chi connectivity index (χ2n) is 12.3. The van der Waals surface area contributed by atoms with Crippen molar-refractivity contribution >= 4 is 40.1 Å². The van der Waals surface area contributed by atoms with Crippen LogP contribution >= 0.6 is 0 Å². The number of nitrogen functional groups attached to an aromatic ring is 1. The molecule has 2 N–H and O–H groups in total. The van der Waals surface area contributed by atoms with Crippen molar-refractivity contribution in [2.75, 3.05) is 31.3 Å². The summed E-state index contributed by atoms with van der Waals surface area (Å²) in [5.41, 5.74) is 5.55. The Bertz CT molecular complexity index is 1140. The normalized spacial score (nSPS) is 29.3. The number of anilines is 2. The van der Waals surface area contributed by atoms with Crippen molar-refractivity contribution in [3.8, 4) is 0 Å². The van der Waals surface area contributed by atoms with E-state index in [1.165, 1.54) is 6.92 Å². The van der Waals surface area contributed by atoms with Crippen molar-refractivity contribution in [1.29, 1.82) is 0 Å². The predicted octanol–water partition coefficient (Wildman–Crippen LogP) is 5.06. The van der Waals surface area contributed by atoms with Crippen LogP contribution in [0.1, 0.15) is 68.5 Å². The smallest absolute Gasteiger partial charge is 0.335 e. The standard InChI is InChI=1S/C25H45FN6O4Si2/c1-14(2)37(15(3)4)33-12-18-20(35-38(36-37,16(5)6)17(7)8)25(9,26)23(34-18)32-13-28-19-21(31(10)11)29-24(27)30-22(19)32/h13-18,20,23H,12H2,1-11H3,(H2,27,29,30)/t18-,20-,23-,25-/m1/s1. The largest absolute Gasteiger partial charge is 0.414 e. The fraction of sp³-hybridized carbons (Fsp3) is 0.800. The summed E-state index contributed by atoms with van der Waals surface area (Å²) < 4.78 is 46.2. The number of rotatable bonds is 6. The molecule has 0 unspecified atom stereocenters. The van der Waals surface area contributed by atoms with Gasteiger partial charge in [-0.05, 0) is 29.1 Å². The molecule has 0 radical (unpaired) electrons. The molecule has 214 valence electrons. The zero-order valence-electron chi connectivity index (χ0n) is 24.7. The second-order valence-corrected chi connectivity index (χ2v) is 21.2. The number of halogens is 1. The number of hydrogen-bond donors (Lipinski definition) is 1. The van der Waals surface area contributed by atoms with Crippen LogP contribution in [0.25, 0.3) is 11.2 Å². The van der Waals surface area contributed by atoms with E-state index in [1.54, 1.807) is 15.8 Å². The third-order valence-electron chi connectivity index (χ3n) is 8.10. The molecule has 4 atom stereocenters. The van der Waals surface area contributed by atoms with Crippen LogP contribution in [0.15, 0.2) is 6.33 Å². The van der Waals surface area contributed by atoms with E-state index in [4.69, 9.17) is 23.4 Å². The van der Waals surface area contributed by atoms with Crippen molar-refractivity contribution in [1.82, 2.24) is 19.5 Å². The molecule has 38 heavy (non-hydrogen) atoms. The van der Waals surface area contributed by atoms with Gasteiger partial charge in [-0.25, -0.2) is 9.37 Å². The highest BCUT2D eigenvalue weighted by molar-refractivity contribution is 6.84. The molecule has 2 aromatic heterocycles. The van der Waals surface area contributed by atoms with Crippen molar-refractivity contribution in [3.05, 3.63) is 6.33 Å². The van der Waals surface area contributed by atoms with Gasteiger partial charge in [0.15, 0.2) is 28.9 Å². The molecule has 2 aliphatic rings. The number of ether oxygens (including phenoxy) is 1. The molecule has 2 fully saturated rings. The van der Waals surface area contributed by atoms with Gasteiger partial charge in [0, 0.05) is 14.1 Å². The maximum atomic E-state index is 17.1. The molecule has 0 aliphatic carbocycles. The maximum absolute atomic E-state index is 17.1. The van der Waals surface area contributed by atoms with Crippen LogP contribution in [0, 0.1) is 0 Å². The Morgan fingerprint density at radius 3 is 2.13 bits per heavy atom. The van der Waals surface area contributed by atoms with Crippen LogP contribution in [-0.4, -0.2) is 75.2 Å². The summed E-state index contributed by atoms with van der Waals surface area (Å²) in [6.45, 7) is 18.8. The number of imidazole rings is 1. The van der Waals surface area contributed by atoms with E-state index in [1.807, 2.05) is 14.1 Å². The Labute approximate surface area is 227 Å². The fourth-order valence-corrected chi connectivity index (χ4v) is 17.3. The second kappa shape index (κ2) is 10.1. The first-order valence-electron chi connectivity index (χ1n) is 13.6. The van der Waals surface area contributed by atoms with Crippen molar-refractivity contribution in [2.24, 2.45) is 0 Å². The molecule has 0 spiro atoms. The van der Waals surface area contributed by atoms with E-state index in [2.05, 4.69) is 70.3 Å². The average molecular weight is 569 g/mol. The molecular formula is C25H45FN6O4Si2. The van der Waals surface area contributed by atoms with Gasteiger partial charge in [0.2, 0.25) is 5.95 Å². The van der Waals surface area contributed by atoms with Crippen LogP contribution in [0.5, 0.6) is 0 Å². The zero-order valence-corrected chi connectivity index (χ0v) is 26.7. The molecule has 4 rings (SSSR count). The summed E-state index contributed by atoms with van der Waals surface area (Å²) in [7, 11) is -2.10. The molecule has 0 aromatic carbocycles. The minimum absolute atomic E-state index is 0.0772. The Balaban J connectivity index is 1.84. The molecule has 0 bridgehead atoms. The van der Waals surface area contributed by atoms with Gasteiger partial charge < -0.3 is 28.3 Å². The lowest BCUT2D eigenvalue weighted by molar-refractivity contribution is -0.0594. The van der Waals surface area contributed by atoms with E-state index in [-0.39, 0.29) is 34.7 Å². The van der Waals surface area contributed by atoms with Crippen LogP contribution < -0.4 is 10.6 Å². The third kappa shape index (κ3) is 4.48. The van der Waals surface area contributed by atoms with Crippen LogP contribution in [0.3, 0.4) is 0 Å². The highest BCUT2D eigenvalue weighted by Gasteiger charge is 2.65. The Hall–Kier alpha value is -1.65. The summed E-state index contributed by atoms with van der Waals surface area (Å²) in [4.78, 5) is 15.0. The summed E-state index contributed by atoms with van der Waals surface area (Å²) in [5.74, 6) is 0.635. The quantitative estimate of drug-likeness (QED) is 0.478. The Kier molecular flexibility index (Phi) is 7.78. The monoisotopic (exact) mass is 568 g/mol. The number of aromatic nitrogens is 4. The molecule has 2 saturated heterocycles. The van der Waals surface area contributed by atoms with Crippen LogP contribution in [0.2, 0.25) is 22.2 Å². The predicted molar refractivity (Wildman–Crippen MR) is 151 cm³/mol. The van der Waals surface area contributed by atoms with Crippen molar-refractivity contribution < 1.29 is 22.1 Å². The van der Waals surface area contributed by atoms with Gasteiger partial charge in [-0.3, -0.25) is 4.57 Å². The zero-order chi connectivity index (χ0) is 28.4. The number of fused-ring (bicyclic) bond motifs is 2. The highest BCUT2D eigenvalue weighted by Crippen LogP contribution is 2.52. The van der Waals surface area contributed by atoms with E-state index >= 15 is 4.39 Å². The number of nitrogens with zero attached hydrogens (tertiary/aromatic N) is 5. The Morgan fingerprint density at radius 2 is 1.61 bits per heavy atom. The van der Waals surface area contributed by atoms with Crippen molar-refractivity contribution in [3.63, 3.8) is 0 Å². The van der Waals surface area contributed by atoms with Gasteiger partial charge in [-0.15, -0.1) is 0 Å². The fourth-order valence-electron chi connectivity index (χ4n) is 6.05. The summed E-state index contributed by atoms with van der Waals surface area (Å²) in [6.07, 6.45) is -1.02. The van der Waals surface area contributed by atoms with Crippen LogP contribution in [-0.2, 0) is 17.7 Å². The third-order valence-corrected chi connectivity index (χ3v) is 18.3. The van der Waals surface area contributed by atoms with E-state index in [9.17, 15) is 0 Å². The summed E-state index contributed by atoms with van der Waals surface area (Å²) >= 11 is 0. The minimum Gasteiger partial charge on any atom is -0.414 e. The molecule has 0 amide bonds. The molecule has 0 saturated carbocycles. The Morgan fingerprint density at radius 1 is 1.03 bits per heavy atom. The first-order valence-corrected chi connectivity index (χ1v) is 17.6. The topological polar surface area (TPSA) is 110 Å². The van der Waals surface area contributed by atoms with Crippen molar-refractivity contribution in [2.45, 2.75) is 109 Å². The van der Waals surface area contributed by atoms with Gasteiger partial charge in [0.1, 0.15) is 12.2 Å². The van der Waals surface area contributed by atoms with E-state index < -0.39 is 41.2 Å². The van der Waals surface area contributed by atoms with Gasteiger partial charge in [-0.1, -0.05) is 55.4 Å². The SMILES string of the molecule is CC(C)[Si]1(C(C)C)OC[C@H]2O[C@@H](n3cnc4c(N(C)C)nc(N)nc43)[C@](C)(F)[C@@H]2O[Si](C(C)C)(C(C)C)O1. The highest BCUT2D eigenvalue weighted by atomic mass is 28.5. The van der Waals surface area contributed by atoms with Gasteiger partial charge in [-0.2, -0.15) is 9.97 Å². The lowest BCUT2D eigenvalue weighted by atomic mass is 9.98. The molecule has 2 aromatic rings. The molecule has 13 heteroatoms. The van der Waals surface area contributed by atoms with E-state index in [0.717, 1.165) is 0 Å². The average Bonchev–Trinajstić information content (AvgIpc) is 3.30. The lowest BCUT2D eigenvalue weighted by Crippen LogP contribution is -2.66. The summed E-state index contributed by atoms with van der Waals surface area (Å²) in [6, 6.07) is 0. The van der Waals surface area contributed by atoms with Gasteiger partial charge >= 0.3 is 17.1 Å². The molecule has 4 heterocycles. The van der Waals surface area contributed by atoms with Crippen LogP contribution in [0.4, 0.5) is 16.2 Å². The van der Waals surface area contributed by atoms with Gasteiger partial charge in [0.05, 0.1) is 12.9 Å². The minimum atomic E-state index is -3.02. The van der Waals surface area contributed by atoms with E-state index in [0.29, 0.717) is 17.0 Å².